The molecule has 2 N–H and O–H groups in total. The summed E-state index contributed by atoms with van der Waals surface area (Å²) in [7, 11) is 0. The second kappa shape index (κ2) is 7.46. The number of hydrogen-bond donors (Lipinski definition) is 1. The van der Waals surface area contributed by atoms with E-state index in [-0.39, 0.29) is 0 Å². The Kier molecular flexibility index (Phi) is 5.09. The van der Waals surface area contributed by atoms with E-state index < -0.39 is 0 Å². The Morgan fingerprint density at radius 1 is 1.08 bits per heavy atom. The van der Waals surface area contributed by atoms with Crippen molar-refractivity contribution >= 4 is 11.0 Å². The first-order valence-corrected chi connectivity index (χ1v) is 10.1. The summed E-state index contributed by atoms with van der Waals surface area (Å²) in [4.78, 5) is 7.45. The maximum atomic E-state index is 5.81. The average molecular weight is 341 g/mol. The average Bonchev–Trinajstić information content (AvgIpc) is 3.02. The van der Waals surface area contributed by atoms with Crippen molar-refractivity contribution in [1.82, 2.24) is 14.5 Å². The zero-order valence-electron chi connectivity index (χ0n) is 15.5. The Morgan fingerprint density at radius 2 is 1.84 bits per heavy atom. The second-order valence-electron chi connectivity index (χ2n) is 8.16. The fraction of sp³-hybridized carbons (Fsp3) is 0.667. The lowest BCUT2D eigenvalue weighted by Crippen LogP contribution is -2.43. The number of nitrogens with two attached hydrogens (primary N) is 1. The number of rotatable bonds is 4. The van der Waals surface area contributed by atoms with Crippen molar-refractivity contribution < 1.29 is 0 Å². The molecule has 4 nitrogen and oxygen atoms in total. The number of fused-ring (bicyclic) bond motifs is 1. The number of pyridine rings is 1. The van der Waals surface area contributed by atoms with Gasteiger partial charge in [0, 0.05) is 43.0 Å². The van der Waals surface area contributed by atoms with Crippen LogP contribution in [-0.2, 0) is 6.42 Å². The minimum Gasteiger partial charge on any atom is -0.330 e. The van der Waals surface area contributed by atoms with Crippen molar-refractivity contribution in [2.75, 3.05) is 19.6 Å². The minimum atomic E-state index is 0.586. The lowest BCUT2D eigenvalue weighted by atomic mass is 9.85. The molecule has 1 saturated carbocycles. The second-order valence-corrected chi connectivity index (χ2v) is 8.16. The van der Waals surface area contributed by atoms with Gasteiger partial charge in [0.2, 0.25) is 0 Å². The predicted octanol–water partition coefficient (Wildman–Crippen LogP) is 3.75. The van der Waals surface area contributed by atoms with Crippen LogP contribution < -0.4 is 5.73 Å². The Hall–Kier alpha value is -1.39. The van der Waals surface area contributed by atoms with Crippen LogP contribution >= 0.6 is 0 Å². The molecule has 1 aliphatic heterocycles. The first kappa shape index (κ1) is 17.0. The van der Waals surface area contributed by atoms with Gasteiger partial charge in [-0.2, -0.15) is 0 Å². The lowest BCUT2D eigenvalue weighted by Gasteiger charge is -2.40. The standard InChI is InChI=1S/C21H32N4/c1-16-4-6-18(7-5-16)24-13-9-19(10-14-24)25-15-17(8-11-22)20-3-2-12-23-21(20)25/h2-3,12,15-16,18-19H,4-11,13-14,22H2,1H3. The molecule has 0 spiro atoms. The number of piperidine rings is 1. The number of nitrogens with zero attached hydrogens (tertiary/aromatic N) is 3. The fourth-order valence-corrected chi connectivity index (χ4v) is 4.92. The molecule has 0 bridgehead atoms. The molecule has 0 atom stereocenters. The van der Waals surface area contributed by atoms with Crippen LogP contribution in [0.5, 0.6) is 0 Å². The van der Waals surface area contributed by atoms with Crippen molar-refractivity contribution in [3.63, 3.8) is 0 Å². The van der Waals surface area contributed by atoms with Gasteiger partial charge in [0.25, 0.3) is 0 Å². The molecule has 25 heavy (non-hydrogen) atoms. The molecule has 2 aromatic heterocycles. The maximum absolute atomic E-state index is 5.81. The molecular formula is C21H32N4. The molecule has 1 aliphatic carbocycles. The molecule has 4 rings (SSSR count). The van der Waals surface area contributed by atoms with E-state index in [1.165, 1.54) is 62.6 Å². The van der Waals surface area contributed by atoms with Crippen LogP contribution in [0.3, 0.4) is 0 Å². The zero-order valence-corrected chi connectivity index (χ0v) is 15.5. The van der Waals surface area contributed by atoms with E-state index >= 15 is 0 Å². The summed E-state index contributed by atoms with van der Waals surface area (Å²) in [6, 6.07) is 5.66. The van der Waals surface area contributed by atoms with Crippen LogP contribution in [0.4, 0.5) is 0 Å². The SMILES string of the molecule is CC1CCC(N2CCC(n3cc(CCN)c4cccnc43)CC2)CC1. The number of hydrogen-bond acceptors (Lipinski definition) is 3. The van der Waals surface area contributed by atoms with Crippen molar-refractivity contribution in [1.29, 1.82) is 0 Å². The van der Waals surface area contributed by atoms with Gasteiger partial charge in [-0.15, -0.1) is 0 Å². The van der Waals surface area contributed by atoms with Gasteiger partial charge >= 0.3 is 0 Å². The third kappa shape index (κ3) is 3.47. The lowest BCUT2D eigenvalue weighted by molar-refractivity contribution is 0.0994. The largest absolute Gasteiger partial charge is 0.330 e. The van der Waals surface area contributed by atoms with Gasteiger partial charge < -0.3 is 15.2 Å². The van der Waals surface area contributed by atoms with E-state index in [2.05, 4.69) is 33.6 Å². The van der Waals surface area contributed by atoms with Gasteiger partial charge in [-0.1, -0.05) is 6.92 Å². The highest BCUT2D eigenvalue weighted by molar-refractivity contribution is 5.80. The van der Waals surface area contributed by atoms with Crippen molar-refractivity contribution in [3.05, 3.63) is 30.1 Å². The maximum Gasteiger partial charge on any atom is 0.140 e. The first-order chi connectivity index (χ1) is 12.3. The fourth-order valence-electron chi connectivity index (χ4n) is 4.92. The van der Waals surface area contributed by atoms with Gasteiger partial charge in [0.15, 0.2) is 0 Å². The molecule has 0 amide bonds. The smallest absolute Gasteiger partial charge is 0.140 e. The Labute approximate surface area is 151 Å². The highest BCUT2D eigenvalue weighted by Gasteiger charge is 2.29. The monoisotopic (exact) mass is 340 g/mol. The summed E-state index contributed by atoms with van der Waals surface area (Å²) in [5.74, 6) is 0.937. The third-order valence-corrected chi connectivity index (χ3v) is 6.48. The summed E-state index contributed by atoms with van der Waals surface area (Å²) in [5, 5.41) is 1.29. The zero-order chi connectivity index (χ0) is 17.2. The molecule has 136 valence electrons. The molecule has 0 unspecified atom stereocenters. The Balaban J connectivity index is 1.46. The normalized spacial score (nSPS) is 26.3. The van der Waals surface area contributed by atoms with Gasteiger partial charge in [0.1, 0.15) is 5.65 Å². The Bertz CT molecular complexity index is 691. The van der Waals surface area contributed by atoms with Gasteiger partial charge in [-0.25, -0.2) is 4.98 Å². The van der Waals surface area contributed by atoms with E-state index in [1.54, 1.807) is 0 Å². The van der Waals surface area contributed by atoms with E-state index in [4.69, 9.17) is 5.73 Å². The quantitative estimate of drug-likeness (QED) is 0.922. The van der Waals surface area contributed by atoms with Crippen LogP contribution in [0.1, 0.15) is 57.1 Å². The third-order valence-electron chi connectivity index (χ3n) is 6.48. The minimum absolute atomic E-state index is 0.586. The molecule has 4 heteroatoms. The number of aromatic nitrogens is 2. The van der Waals surface area contributed by atoms with Crippen LogP contribution in [0.15, 0.2) is 24.5 Å². The van der Waals surface area contributed by atoms with Crippen molar-refractivity contribution in [3.8, 4) is 0 Å². The van der Waals surface area contributed by atoms with E-state index in [0.29, 0.717) is 12.6 Å². The van der Waals surface area contributed by atoms with Crippen LogP contribution in [0.25, 0.3) is 11.0 Å². The molecule has 0 aromatic carbocycles. The summed E-state index contributed by atoms with van der Waals surface area (Å²) in [6.07, 6.45) is 13.3. The van der Waals surface area contributed by atoms with E-state index in [9.17, 15) is 0 Å². The van der Waals surface area contributed by atoms with Crippen molar-refractivity contribution in [2.24, 2.45) is 11.7 Å². The molecule has 2 fully saturated rings. The summed E-state index contributed by atoms with van der Waals surface area (Å²) in [5.41, 5.74) is 8.32. The topological polar surface area (TPSA) is 47.1 Å². The van der Waals surface area contributed by atoms with Gasteiger partial charge in [-0.3, -0.25) is 0 Å². The Morgan fingerprint density at radius 3 is 2.56 bits per heavy atom. The number of likely N-dealkylation sites (tertiary alicyclic amines) is 1. The molecule has 1 saturated heterocycles. The van der Waals surface area contributed by atoms with E-state index in [1.807, 2.05) is 12.3 Å². The molecular weight excluding hydrogens is 308 g/mol. The highest BCUT2D eigenvalue weighted by atomic mass is 15.2. The molecule has 2 aromatic rings. The predicted molar refractivity (Wildman–Crippen MR) is 104 cm³/mol. The summed E-state index contributed by atoms with van der Waals surface area (Å²) < 4.78 is 2.45. The molecule has 0 radical (unpaired) electrons. The van der Waals surface area contributed by atoms with Crippen molar-refractivity contribution in [2.45, 2.75) is 64.0 Å². The highest BCUT2D eigenvalue weighted by Crippen LogP contribution is 2.33. The van der Waals surface area contributed by atoms with E-state index in [0.717, 1.165) is 24.0 Å². The summed E-state index contributed by atoms with van der Waals surface area (Å²) in [6.45, 7) is 5.59. The van der Waals surface area contributed by atoms with Crippen LogP contribution in [-0.4, -0.2) is 40.1 Å². The molecule has 2 aliphatic rings. The van der Waals surface area contributed by atoms with Crippen LogP contribution in [0.2, 0.25) is 0 Å². The van der Waals surface area contributed by atoms with Gasteiger partial charge in [-0.05, 0) is 75.1 Å². The summed E-state index contributed by atoms with van der Waals surface area (Å²) >= 11 is 0. The van der Waals surface area contributed by atoms with Gasteiger partial charge in [0.05, 0.1) is 0 Å². The molecule has 3 heterocycles. The van der Waals surface area contributed by atoms with Crippen LogP contribution in [0, 0.1) is 5.92 Å². The first-order valence-electron chi connectivity index (χ1n) is 10.1.